The van der Waals surface area contributed by atoms with Crippen LogP contribution in [-0.4, -0.2) is 89.0 Å². The summed E-state index contributed by atoms with van der Waals surface area (Å²) in [6, 6.07) is 0. The second-order valence-electron chi connectivity index (χ2n) is 8.26. The summed E-state index contributed by atoms with van der Waals surface area (Å²) in [5.74, 6) is -11.0. The Morgan fingerprint density at radius 3 is 1.00 bits per heavy atom. The maximum absolute atomic E-state index is 13.6. The first-order valence-electron chi connectivity index (χ1n) is 10.2. The highest BCUT2D eigenvalue weighted by Crippen LogP contribution is 2.62. The van der Waals surface area contributed by atoms with Crippen molar-refractivity contribution in [1.29, 1.82) is 0 Å². The van der Waals surface area contributed by atoms with Crippen LogP contribution in [0.3, 0.4) is 0 Å². The first kappa shape index (κ1) is 34.2. The zero-order valence-corrected chi connectivity index (χ0v) is 19.3. The molecule has 1 saturated heterocycles. The lowest BCUT2D eigenvalue weighted by Crippen LogP contribution is -2.66. The molecule has 0 unspecified atom stereocenters. The summed E-state index contributed by atoms with van der Waals surface area (Å²) in [4.78, 5) is 18.1. The number of aromatic nitrogens is 3. The van der Waals surface area contributed by atoms with E-state index >= 15 is 0 Å². The van der Waals surface area contributed by atoms with Crippen molar-refractivity contribution in [3.05, 3.63) is 11.6 Å². The van der Waals surface area contributed by atoms with Crippen LogP contribution in [0.25, 0.3) is 0 Å². The largest absolute Gasteiger partial charge is 0.419 e. The third kappa shape index (κ3) is 5.25. The maximum Gasteiger partial charge on any atom is 0.419 e. The van der Waals surface area contributed by atoms with Crippen molar-refractivity contribution in [1.82, 2.24) is 19.9 Å². The van der Waals surface area contributed by atoms with Crippen LogP contribution in [0.15, 0.2) is 0 Å². The van der Waals surface area contributed by atoms with E-state index in [2.05, 4.69) is 9.97 Å². The average Bonchev–Trinajstić information content (AvgIpc) is 2.67. The second kappa shape index (κ2) is 9.80. The number of rotatable bonds is 3. The molecular weight excluding hydrogens is 632 g/mol. The Morgan fingerprint density at radius 1 is 0.512 bits per heavy atom. The number of halogens is 18. The van der Waals surface area contributed by atoms with Crippen LogP contribution < -0.4 is 4.90 Å². The van der Waals surface area contributed by atoms with E-state index in [1.165, 1.54) is 4.98 Å². The third-order valence-electron chi connectivity index (χ3n) is 5.85. The van der Waals surface area contributed by atoms with Crippen molar-refractivity contribution in [3.8, 4) is 0 Å². The third-order valence-corrected chi connectivity index (χ3v) is 5.85. The van der Waals surface area contributed by atoms with Crippen LogP contribution >= 0.6 is 0 Å². The quantitative estimate of drug-likeness (QED) is 0.414. The van der Waals surface area contributed by atoms with Gasteiger partial charge in [0, 0.05) is 33.1 Å². The van der Waals surface area contributed by atoms with Gasteiger partial charge in [-0.25, -0.2) is 4.98 Å². The zero-order valence-electron chi connectivity index (χ0n) is 19.3. The highest BCUT2D eigenvalue weighted by atomic mass is 19.4. The molecule has 24 heteroatoms. The molecule has 1 aliphatic heterocycles. The van der Waals surface area contributed by atoms with Gasteiger partial charge in [0.25, 0.3) is 0 Å². The lowest BCUT2D eigenvalue weighted by Gasteiger charge is -2.40. The van der Waals surface area contributed by atoms with E-state index < -0.39 is 97.6 Å². The monoisotopic (exact) mass is 643 g/mol. The van der Waals surface area contributed by atoms with Gasteiger partial charge in [0.1, 0.15) is 0 Å². The molecule has 0 spiro atoms. The van der Waals surface area contributed by atoms with Gasteiger partial charge in [0.2, 0.25) is 11.9 Å². The predicted octanol–water partition coefficient (Wildman–Crippen LogP) is 5.39. The van der Waals surface area contributed by atoms with E-state index in [9.17, 15) is 83.8 Å². The van der Waals surface area contributed by atoms with E-state index in [0.717, 1.165) is 11.8 Å². The minimum absolute atomic E-state index is 0.0793. The summed E-state index contributed by atoms with van der Waals surface area (Å²) in [6.45, 7) is -2.36. The molecule has 1 aromatic rings. The molecule has 0 N–H and O–H groups in total. The smallest absolute Gasteiger partial charge is 0.339 e. The molecule has 0 aliphatic carbocycles. The molecule has 0 bridgehead atoms. The lowest BCUT2D eigenvalue weighted by molar-refractivity contribution is -0.391. The summed E-state index contributed by atoms with van der Waals surface area (Å²) in [5.41, 5.74) is -15.0. The summed E-state index contributed by atoms with van der Waals surface area (Å²) in [5, 5.41) is 0. The number of hydrogen-bond acceptors (Lipinski definition) is 5. The van der Waals surface area contributed by atoms with Gasteiger partial charge in [-0.05, 0) is 0 Å². The molecule has 1 aromatic heterocycles. The van der Waals surface area contributed by atoms with Gasteiger partial charge in [0.05, 0.1) is 0 Å². The fourth-order valence-electron chi connectivity index (χ4n) is 3.79. The topological polar surface area (TPSA) is 62.2 Å². The fourth-order valence-corrected chi connectivity index (χ4v) is 3.79. The van der Waals surface area contributed by atoms with Crippen LogP contribution in [0.4, 0.5) is 85.0 Å². The lowest BCUT2D eigenvalue weighted by atomic mass is 9.82. The Balaban J connectivity index is 3.21. The number of nitrogens with zero attached hydrogens (tertiary/aromatic N) is 5. The van der Waals surface area contributed by atoms with E-state index in [1.54, 1.807) is 0 Å². The molecule has 6 nitrogen and oxygen atoms in total. The van der Waals surface area contributed by atoms with Crippen molar-refractivity contribution in [3.63, 3.8) is 0 Å². The molecule has 0 atom stereocenters. The minimum atomic E-state index is -7.75. The number of anilines is 1. The molecule has 0 radical (unpaired) electrons. The Morgan fingerprint density at radius 2 is 0.780 bits per heavy atom. The van der Waals surface area contributed by atoms with E-state index in [-0.39, 0.29) is 4.90 Å². The van der Waals surface area contributed by atoms with Crippen molar-refractivity contribution in [2.24, 2.45) is 0 Å². The van der Waals surface area contributed by atoms with Crippen molar-refractivity contribution < 1.29 is 83.8 Å². The first-order chi connectivity index (χ1) is 18.0. The molecule has 2 rings (SSSR count). The number of amides is 1. The Kier molecular flexibility index (Phi) is 8.18. The van der Waals surface area contributed by atoms with Gasteiger partial charge in [-0.3, -0.25) is 4.79 Å². The van der Waals surface area contributed by atoms with E-state index in [0.29, 0.717) is 0 Å². The fraction of sp³-hybridized carbons (Fsp3) is 0.765. The number of piperazine rings is 1. The normalized spacial score (nSPS) is 17.2. The minimum Gasteiger partial charge on any atom is -0.339 e. The van der Waals surface area contributed by atoms with Crippen molar-refractivity contribution in [2.45, 2.75) is 54.8 Å². The highest BCUT2D eigenvalue weighted by molar-refractivity contribution is 5.73. The van der Waals surface area contributed by atoms with Crippen LogP contribution in [0.1, 0.15) is 18.6 Å². The molecule has 0 saturated carbocycles. The van der Waals surface area contributed by atoms with Crippen molar-refractivity contribution >= 4 is 11.9 Å². The van der Waals surface area contributed by atoms with Crippen molar-refractivity contribution in [2.75, 3.05) is 31.1 Å². The summed E-state index contributed by atoms with van der Waals surface area (Å²) in [7, 11) is 0. The molecule has 1 amide bonds. The first-order valence-corrected chi connectivity index (χ1v) is 10.2. The molecule has 41 heavy (non-hydrogen) atoms. The van der Waals surface area contributed by atoms with Gasteiger partial charge in [-0.2, -0.15) is 89.0 Å². The zero-order chi connectivity index (χ0) is 32.4. The van der Waals surface area contributed by atoms with Crippen LogP contribution in [0.5, 0.6) is 0 Å². The molecular formula is C17H11F18N5O. The predicted molar refractivity (Wildman–Crippen MR) is 94.0 cm³/mol. The number of carbonyl (C=O) groups excluding carboxylic acids is 1. The molecule has 2 heterocycles. The Labute approximate surface area is 214 Å². The van der Waals surface area contributed by atoms with E-state index in [4.69, 9.17) is 0 Å². The standard InChI is InChI=1S/C17H11F18N5O/c1-6(41)39-2-4-40(5-3-39)9-37-7(10(12(18,19)20,13(21,22)23)14(24,25)26)36-8(38-9)11(15(27,28)29,16(30,31)32)17(33,34)35/h2-5H2,1H3. The van der Waals surface area contributed by atoms with Crippen LogP contribution in [-0.2, 0) is 15.6 Å². The maximum atomic E-state index is 13.6. The Hall–Kier alpha value is -2.98. The van der Waals surface area contributed by atoms with Gasteiger partial charge in [-0.1, -0.05) is 0 Å². The van der Waals surface area contributed by atoms with E-state index in [1.807, 2.05) is 0 Å². The van der Waals surface area contributed by atoms with Gasteiger partial charge < -0.3 is 9.80 Å². The van der Waals surface area contributed by atoms with Gasteiger partial charge in [-0.15, -0.1) is 0 Å². The average molecular weight is 643 g/mol. The molecule has 236 valence electrons. The number of alkyl halides is 18. The molecule has 0 aromatic carbocycles. The summed E-state index contributed by atoms with van der Waals surface area (Å²) >= 11 is 0. The van der Waals surface area contributed by atoms with Crippen LogP contribution in [0.2, 0.25) is 0 Å². The van der Waals surface area contributed by atoms with Crippen LogP contribution in [0, 0.1) is 0 Å². The second-order valence-corrected chi connectivity index (χ2v) is 8.26. The molecule has 1 fully saturated rings. The van der Waals surface area contributed by atoms with Gasteiger partial charge in [0.15, 0.2) is 11.6 Å². The Bertz CT molecular complexity index is 981. The summed E-state index contributed by atoms with van der Waals surface area (Å²) in [6.07, 6.45) is -46.5. The number of carbonyl (C=O) groups is 1. The SMILES string of the molecule is CC(=O)N1CCN(c2nc(C(C(F)(F)F)(C(F)(F)F)C(F)(F)F)nc(C(C(F)(F)F)(C(F)(F)F)C(F)(F)F)n2)CC1. The summed E-state index contributed by atoms with van der Waals surface area (Å²) < 4.78 is 245. The molecule has 1 aliphatic rings. The van der Waals surface area contributed by atoms with Gasteiger partial charge >= 0.3 is 47.9 Å². The number of hydrogen-bond donors (Lipinski definition) is 0. The highest BCUT2D eigenvalue weighted by Gasteiger charge is 2.89.